The van der Waals surface area contributed by atoms with Gasteiger partial charge in [-0.1, -0.05) is 57.9 Å². The van der Waals surface area contributed by atoms with Crippen LogP contribution in [0.15, 0.2) is 83.3 Å². The van der Waals surface area contributed by atoms with Crippen LogP contribution in [0, 0.1) is 0 Å². The van der Waals surface area contributed by atoms with E-state index in [1.165, 1.54) is 4.68 Å². The normalized spacial score (nSPS) is 10.6. The average molecular weight is 512 g/mol. The molecule has 160 valence electrons. The third-order valence-electron chi connectivity index (χ3n) is 4.57. The van der Waals surface area contributed by atoms with E-state index < -0.39 is 17.7 Å². The molecule has 0 saturated carbocycles. The van der Waals surface area contributed by atoms with Gasteiger partial charge in [0.15, 0.2) is 0 Å². The number of carbonyl (C=O) groups is 3. The first-order chi connectivity index (χ1) is 15.4. The SMILES string of the molecule is O=C(Nc1ccccc1Cl)C(=O)Nn1c(C(=O)Nc2ccccc2)cc2cc(Br)ccc21. The largest absolute Gasteiger partial charge is 0.328 e. The molecule has 3 aromatic carbocycles. The maximum atomic E-state index is 13.0. The van der Waals surface area contributed by atoms with Crippen molar-refractivity contribution >= 4 is 67.5 Å². The first-order valence-electron chi connectivity index (χ1n) is 9.46. The molecule has 4 rings (SSSR count). The molecule has 4 aromatic rings. The van der Waals surface area contributed by atoms with Gasteiger partial charge in [0, 0.05) is 15.5 Å². The zero-order valence-electron chi connectivity index (χ0n) is 16.4. The van der Waals surface area contributed by atoms with Gasteiger partial charge in [-0.15, -0.1) is 0 Å². The number of nitrogens with zero attached hydrogens (tertiary/aromatic N) is 1. The van der Waals surface area contributed by atoms with Crippen molar-refractivity contribution < 1.29 is 14.4 Å². The van der Waals surface area contributed by atoms with E-state index in [0.29, 0.717) is 27.3 Å². The minimum Gasteiger partial charge on any atom is -0.321 e. The molecule has 0 aliphatic rings. The lowest BCUT2D eigenvalue weighted by molar-refractivity contribution is -0.133. The lowest BCUT2D eigenvalue weighted by Crippen LogP contribution is -2.36. The van der Waals surface area contributed by atoms with Gasteiger partial charge in [-0.3, -0.25) is 19.8 Å². The maximum Gasteiger partial charge on any atom is 0.328 e. The summed E-state index contributed by atoms with van der Waals surface area (Å²) in [6.07, 6.45) is 0. The van der Waals surface area contributed by atoms with Crippen LogP contribution in [0.25, 0.3) is 10.9 Å². The summed E-state index contributed by atoms with van der Waals surface area (Å²) >= 11 is 9.44. The Labute approximate surface area is 196 Å². The predicted octanol–water partition coefficient (Wildman–Crippen LogP) is 5.02. The number of carbonyl (C=O) groups excluding carboxylic acids is 3. The fraction of sp³-hybridized carbons (Fsp3) is 0. The Hall–Kier alpha value is -3.62. The van der Waals surface area contributed by atoms with Gasteiger partial charge in [0.25, 0.3) is 5.91 Å². The van der Waals surface area contributed by atoms with E-state index in [4.69, 9.17) is 11.6 Å². The van der Waals surface area contributed by atoms with Gasteiger partial charge >= 0.3 is 11.8 Å². The number of fused-ring (bicyclic) bond motifs is 1. The van der Waals surface area contributed by atoms with Crippen LogP contribution in [0.3, 0.4) is 0 Å². The molecule has 0 unspecified atom stereocenters. The Bertz CT molecular complexity index is 1340. The number of halogens is 2. The molecular weight excluding hydrogens is 496 g/mol. The molecule has 1 aromatic heterocycles. The Balaban J connectivity index is 1.63. The Morgan fingerprint density at radius 3 is 2.28 bits per heavy atom. The van der Waals surface area contributed by atoms with Crippen LogP contribution >= 0.6 is 27.5 Å². The third kappa shape index (κ3) is 4.66. The van der Waals surface area contributed by atoms with E-state index >= 15 is 0 Å². The van der Waals surface area contributed by atoms with Crippen LogP contribution in [0.1, 0.15) is 10.5 Å². The van der Waals surface area contributed by atoms with Crippen LogP contribution in [-0.2, 0) is 9.59 Å². The number of amides is 3. The lowest BCUT2D eigenvalue weighted by Gasteiger charge is -2.13. The highest BCUT2D eigenvalue weighted by atomic mass is 79.9. The molecule has 1 heterocycles. The summed E-state index contributed by atoms with van der Waals surface area (Å²) < 4.78 is 2.09. The molecule has 0 aliphatic carbocycles. The van der Waals surface area contributed by atoms with Crippen LogP contribution in [0.4, 0.5) is 11.4 Å². The number of benzene rings is 3. The number of rotatable bonds is 4. The molecule has 0 bridgehead atoms. The molecule has 0 radical (unpaired) electrons. The van der Waals surface area contributed by atoms with Crippen molar-refractivity contribution in [1.29, 1.82) is 0 Å². The van der Waals surface area contributed by atoms with Crippen LogP contribution in [0.5, 0.6) is 0 Å². The average Bonchev–Trinajstić information content (AvgIpc) is 3.13. The predicted molar refractivity (Wildman–Crippen MR) is 128 cm³/mol. The summed E-state index contributed by atoms with van der Waals surface area (Å²) in [6.45, 7) is 0. The summed E-state index contributed by atoms with van der Waals surface area (Å²) in [5.41, 5.74) is 4.10. The van der Waals surface area contributed by atoms with Gasteiger partial charge in [0.2, 0.25) is 0 Å². The van der Waals surface area contributed by atoms with E-state index in [1.54, 1.807) is 72.8 Å². The highest BCUT2D eigenvalue weighted by Crippen LogP contribution is 2.24. The molecule has 3 N–H and O–H groups in total. The first kappa shape index (κ1) is 21.6. The molecule has 0 aliphatic heterocycles. The Kier molecular flexibility index (Phi) is 6.25. The van der Waals surface area contributed by atoms with Crippen LogP contribution in [0.2, 0.25) is 5.02 Å². The molecule has 0 saturated heterocycles. The van der Waals surface area contributed by atoms with Gasteiger partial charge in [0.1, 0.15) is 5.69 Å². The summed E-state index contributed by atoms with van der Waals surface area (Å²) in [7, 11) is 0. The Morgan fingerprint density at radius 1 is 0.812 bits per heavy atom. The van der Waals surface area contributed by atoms with Crippen molar-refractivity contribution in [3.05, 3.63) is 94.1 Å². The third-order valence-corrected chi connectivity index (χ3v) is 5.39. The number of aromatic nitrogens is 1. The summed E-state index contributed by atoms with van der Waals surface area (Å²) in [5.74, 6) is -2.33. The van der Waals surface area contributed by atoms with Crippen LogP contribution < -0.4 is 16.1 Å². The molecule has 32 heavy (non-hydrogen) atoms. The van der Waals surface area contributed by atoms with E-state index in [-0.39, 0.29) is 5.69 Å². The monoisotopic (exact) mass is 510 g/mol. The summed E-state index contributed by atoms with van der Waals surface area (Å²) in [6, 6.07) is 22.4. The number of nitrogens with one attached hydrogen (secondary N) is 3. The van der Waals surface area contributed by atoms with Crippen molar-refractivity contribution in [1.82, 2.24) is 4.68 Å². The second kappa shape index (κ2) is 9.25. The molecule has 3 amide bonds. The molecule has 0 fully saturated rings. The van der Waals surface area contributed by atoms with Crippen molar-refractivity contribution in [3.8, 4) is 0 Å². The van der Waals surface area contributed by atoms with Crippen LogP contribution in [-0.4, -0.2) is 22.4 Å². The second-order valence-corrected chi connectivity index (χ2v) is 8.09. The van der Waals surface area contributed by atoms with Gasteiger partial charge in [-0.2, -0.15) is 0 Å². The zero-order valence-corrected chi connectivity index (χ0v) is 18.8. The second-order valence-electron chi connectivity index (χ2n) is 6.76. The van der Waals surface area contributed by atoms with Gasteiger partial charge in [-0.05, 0) is 48.5 Å². The van der Waals surface area contributed by atoms with Crippen molar-refractivity contribution in [2.75, 3.05) is 16.1 Å². The number of para-hydroxylation sites is 2. The fourth-order valence-corrected chi connectivity index (χ4v) is 3.65. The highest BCUT2D eigenvalue weighted by Gasteiger charge is 2.21. The quantitative estimate of drug-likeness (QED) is 0.336. The highest BCUT2D eigenvalue weighted by molar-refractivity contribution is 9.10. The van der Waals surface area contributed by atoms with E-state index in [2.05, 4.69) is 32.0 Å². The number of hydrogen-bond donors (Lipinski definition) is 3. The van der Waals surface area contributed by atoms with Gasteiger partial charge in [-0.25, -0.2) is 4.68 Å². The van der Waals surface area contributed by atoms with Crippen molar-refractivity contribution in [2.45, 2.75) is 0 Å². The number of anilines is 2. The van der Waals surface area contributed by atoms with E-state index in [0.717, 1.165) is 4.47 Å². The molecular formula is C23H16BrClN4O3. The minimum absolute atomic E-state index is 0.154. The standard InChI is InChI=1S/C23H16BrClN4O3/c24-15-10-11-19-14(12-15)13-20(21(30)26-16-6-2-1-3-7-16)29(19)28-23(32)22(31)27-18-9-5-4-8-17(18)25/h1-13H,(H,26,30)(H,27,31)(H,28,32). The molecule has 0 atom stereocenters. The molecule has 7 nitrogen and oxygen atoms in total. The van der Waals surface area contributed by atoms with Crippen molar-refractivity contribution in [3.63, 3.8) is 0 Å². The fourth-order valence-electron chi connectivity index (χ4n) is 3.08. The smallest absolute Gasteiger partial charge is 0.321 e. The van der Waals surface area contributed by atoms with Gasteiger partial charge < -0.3 is 10.6 Å². The van der Waals surface area contributed by atoms with E-state index in [9.17, 15) is 14.4 Å². The molecule has 9 heteroatoms. The van der Waals surface area contributed by atoms with E-state index in [1.807, 2.05) is 6.07 Å². The topological polar surface area (TPSA) is 92.2 Å². The van der Waals surface area contributed by atoms with Crippen molar-refractivity contribution in [2.24, 2.45) is 0 Å². The first-order valence-corrected chi connectivity index (χ1v) is 10.6. The Morgan fingerprint density at radius 2 is 1.53 bits per heavy atom. The molecule has 0 spiro atoms. The zero-order chi connectivity index (χ0) is 22.7. The summed E-state index contributed by atoms with van der Waals surface area (Å²) in [5, 5.41) is 6.24. The summed E-state index contributed by atoms with van der Waals surface area (Å²) in [4.78, 5) is 38.1. The number of hydrogen-bond acceptors (Lipinski definition) is 3. The minimum atomic E-state index is -0.959. The lowest BCUT2D eigenvalue weighted by atomic mass is 10.2. The van der Waals surface area contributed by atoms with Gasteiger partial charge in [0.05, 0.1) is 16.2 Å². The maximum absolute atomic E-state index is 13.0.